The number of fused-ring (bicyclic) bond motifs is 1. The molecule has 0 unspecified atom stereocenters. The molecule has 0 fully saturated rings. The fourth-order valence-electron chi connectivity index (χ4n) is 2.53. The molecule has 27 heavy (non-hydrogen) atoms. The van der Waals surface area contributed by atoms with Crippen LogP contribution in [0, 0.1) is 0 Å². The van der Waals surface area contributed by atoms with Gasteiger partial charge in [0.2, 0.25) is 5.75 Å². The van der Waals surface area contributed by atoms with Crippen molar-refractivity contribution < 1.29 is 34.7 Å². The van der Waals surface area contributed by atoms with Gasteiger partial charge in [-0.25, -0.2) is 0 Å². The monoisotopic (exact) mass is 373 g/mol. The second kappa shape index (κ2) is 6.45. The highest BCUT2D eigenvalue weighted by atomic mass is 16.4. The Morgan fingerprint density at radius 1 is 1.04 bits per heavy atom. The van der Waals surface area contributed by atoms with Crippen molar-refractivity contribution in [2.45, 2.75) is 13.0 Å². The number of hydrogen-bond donors (Lipinski definition) is 6. The Hall–Kier alpha value is -3.88. The smallest absolute Gasteiger partial charge is 0.325 e. The Bertz CT molecular complexity index is 1100. The predicted molar refractivity (Wildman–Crippen MR) is 95.3 cm³/mol. The highest BCUT2D eigenvalue weighted by molar-refractivity contribution is 6.00. The van der Waals surface area contributed by atoms with Gasteiger partial charge in [-0.1, -0.05) is 0 Å². The molecule has 3 rings (SSSR count). The number of carboxylic acids is 1. The number of hydrogen-bond acceptors (Lipinski definition) is 8. The molecule has 0 radical (unpaired) electrons. The first-order valence-corrected chi connectivity index (χ1v) is 7.74. The molecule has 0 saturated heterocycles. The Morgan fingerprint density at radius 3 is 2.26 bits per heavy atom. The van der Waals surface area contributed by atoms with Gasteiger partial charge in [0, 0.05) is 11.6 Å². The van der Waals surface area contributed by atoms with Crippen molar-refractivity contribution in [3.63, 3.8) is 0 Å². The summed E-state index contributed by atoms with van der Waals surface area (Å²) in [5, 5.41) is 50.5. The van der Waals surface area contributed by atoms with E-state index in [0.29, 0.717) is 5.56 Å². The van der Waals surface area contributed by atoms with Crippen LogP contribution in [0.15, 0.2) is 39.5 Å². The summed E-state index contributed by atoms with van der Waals surface area (Å²) in [5.41, 5.74) is -0.992. The Morgan fingerprint density at radius 2 is 1.67 bits per heavy atom. The molecular formula is C18H15NO8. The molecule has 0 aliphatic carbocycles. The van der Waals surface area contributed by atoms with Gasteiger partial charge in [0.15, 0.2) is 22.5 Å². The van der Waals surface area contributed by atoms with Gasteiger partial charge in [-0.3, -0.25) is 9.59 Å². The summed E-state index contributed by atoms with van der Waals surface area (Å²) >= 11 is 0. The fourth-order valence-corrected chi connectivity index (χ4v) is 2.53. The average Bonchev–Trinajstić information content (AvgIpc) is 2.63. The zero-order chi connectivity index (χ0) is 19.9. The third kappa shape index (κ3) is 3.06. The molecule has 0 aliphatic heterocycles. The van der Waals surface area contributed by atoms with E-state index in [4.69, 9.17) is 9.52 Å². The molecule has 6 N–H and O–H groups in total. The van der Waals surface area contributed by atoms with Gasteiger partial charge in [-0.2, -0.15) is 0 Å². The van der Waals surface area contributed by atoms with Crippen LogP contribution in [0.3, 0.4) is 0 Å². The van der Waals surface area contributed by atoms with Crippen molar-refractivity contribution in [3.8, 4) is 34.3 Å². The molecule has 9 heteroatoms. The molecule has 2 aromatic carbocycles. The molecule has 1 aromatic heterocycles. The van der Waals surface area contributed by atoms with Crippen molar-refractivity contribution >= 4 is 22.6 Å². The van der Waals surface area contributed by atoms with Crippen molar-refractivity contribution in [1.82, 2.24) is 0 Å². The molecule has 0 bridgehead atoms. The van der Waals surface area contributed by atoms with Crippen molar-refractivity contribution in [2.24, 2.45) is 0 Å². The van der Waals surface area contributed by atoms with Gasteiger partial charge in [0.05, 0.1) is 0 Å². The normalized spacial score (nSPS) is 12.0. The van der Waals surface area contributed by atoms with Crippen LogP contribution in [0.2, 0.25) is 0 Å². The second-order valence-corrected chi connectivity index (χ2v) is 5.85. The first-order chi connectivity index (χ1) is 12.7. The molecule has 0 aliphatic rings. The van der Waals surface area contributed by atoms with E-state index < -0.39 is 40.1 Å². The predicted octanol–water partition coefficient (Wildman–Crippen LogP) is 2.17. The summed E-state index contributed by atoms with van der Waals surface area (Å²) in [4.78, 5) is 23.6. The number of carboxylic acid groups (broad SMARTS) is 1. The Kier molecular flexibility index (Phi) is 4.28. The van der Waals surface area contributed by atoms with Crippen LogP contribution < -0.4 is 10.7 Å². The molecule has 0 saturated carbocycles. The van der Waals surface area contributed by atoms with Gasteiger partial charge in [0.25, 0.3) is 0 Å². The molecule has 1 heterocycles. The summed E-state index contributed by atoms with van der Waals surface area (Å²) < 4.78 is 5.63. The average molecular weight is 373 g/mol. The number of benzene rings is 2. The molecule has 0 amide bonds. The third-order valence-corrected chi connectivity index (χ3v) is 3.98. The van der Waals surface area contributed by atoms with Crippen LogP contribution in [0.5, 0.6) is 23.0 Å². The van der Waals surface area contributed by atoms with Crippen LogP contribution >= 0.6 is 0 Å². The summed E-state index contributed by atoms with van der Waals surface area (Å²) in [6.45, 7) is 1.28. The van der Waals surface area contributed by atoms with E-state index in [1.807, 2.05) is 0 Å². The topological polar surface area (TPSA) is 160 Å². The van der Waals surface area contributed by atoms with Crippen molar-refractivity contribution in [3.05, 3.63) is 40.6 Å². The van der Waals surface area contributed by atoms with Gasteiger partial charge in [0.1, 0.15) is 28.6 Å². The standard InChI is InChI=1S/C18H15NO8/c1-7(18(25)26)19-13-15(23)16(24)14(22)12-10(21)6-11(27-17(12)13)8-2-4-9(20)5-3-8/h2-7,19-20,22-24H,1H3,(H,25,26)/t7-/m0/s1. The molecule has 3 aromatic rings. The summed E-state index contributed by atoms with van der Waals surface area (Å²) in [6, 6.07) is 5.56. The van der Waals surface area contributed by atoms with Crippen LogP contribution in [0.1, 0.15) is 6.92 Å². The maximum atomic E-state index is 12.5. The number of aliphatic carboxylic acids is 1. The lowest BCUT2D eigenvalue weighted by Gasteiger charge is -2.16. The van der Waals surface area contributed by atoms with E-state index in [0.717, 1.165) is 6.07 Å². The lowest BCUT2D eigenvalue weighted by atomic mass is 10.1. The van der Waals surface area contributed by atoms with Gasteiger partial charge in [-0.05, 0) is 31.2 Å². The second-order valence-electron chi connectivity index (χ2n) is 5.85. The highest BCUT2D eigenvalue weighted by Gasteiger charge is 2.25. The first kappa shape index (κ1) is 17.9. The number of nitrogens with one attached hydrogen (secondary N) is 1. The summed E-state index contributed by atoms with van der Waals surface area (Å²) in [5.74, 6) is -3.94. The third-order valence-electron chi connectivity index (χ3n) is 3.98. The number of anilines is 1. The fraction of sp³-hybridized carbons (Fsp3) is 0.111. The number of phenolic OH excluding ortho intramolecular Hbond substituents is 4. The minimum atomic E-state index is -1.26. The van der Waals surface area contributed by atoms with Gasteiger partial charge in [-0.15, -0.1) is 0 Å². The zero-order valence-corrected chi connectivity index (χ0v) is 13.9. The van der Waals surface area contributed by atoms with Crippen molar-refractivity contribution in [1.29, 1.82) is 0 Å². The van der Waals surface area contributed by atoms with E-state index in [-0.39, 0.29) is 22.8 Å². The lowest BCUT2D eigenvalue weighted by Crippen LogP contribution is -2.25. The maximum absolute atomic E-state index is 12.5. The van der Waals surface area contributed by atoms with E-state index >= 15 is 0 Å². The SMILES string of the molecule is C[C@H](Nc1c(O)c(O)c(O)c2c(=O)cc(-c3ccc(O)cc3)oc12)C(=O)O. The van der Waals surface area contributed by atoms with Gasteiger partial charge < -0.3 is 35.3 Å². The summed E-state index contributed by atoms with van der Waals surface area (Å²) in [7, 11) is 0. The molecule has 1 atom stereocenters. The van der Waals surface area contributed by atoms with Crippen LogP contribution in [0.4, 0.5) is 5.69 Å². The molecule has 140 valence electrons. The quantitative estimate of drug-likeness (QED) is 0.297. The Labute approximate surface area is 151 Å². The highest BCUT2D eigenvalue weighted by Crippen LogP contribution is 2.47. The molecule has 9 nitrogen and oxygen atoms in total. The van der Waals surface area contributed by atoms with E-state index in [2.05, 4.69) is 5.32 Å². The Balaban J connectivity index is 2.33. The van der Waals surface area contributed by atoms with E-state index in [1.54, 1.807) is 0 Å². The molecular weight excluding hydrogens is 358 g/mol. The summed E-state index contributed by atoms with van der Waals surface area (Å²) in [6.07, 6.45) is 0. The van der Waals surface area contributed by atoms with Crippen LogP contribution in [-0.2, 0) is 4.79 Å². The first-order valence-electron chi connectivity index (χ1n) is 7.74. The molecule has 0 spiro atoms. The van der Waals surface area contributed by atoms with Crippen LogP contribution in [-0.4, -0.2) is 37.5 Å². The minimum Gasteiger partial charge on any atom is -0.508 e. The van der Waals surface area contributed by atoms with Gasteiger partial charge >= 0.3 is 5.97 Å². The number of carbonyl (C=O) groups is 1. The minimum absolute atomic E-state index is 0.000244. The van der Waals surface area contributed by atoms with E-state index in [9.17, 15) is 30.0 Å². The number of phenols is 4. The van der Waals surface area contributed by atoms with Crippen LogP contribution in [0.25, 0.3) is 22.3 Å². The lowest BCUT2D eigenvalue weighted by molar-refractivity contribution is -0.137. The largest absolute Gasteiger partial charge is 0.508 e. The van der Waals surface area contributed by atoms with E-state index in [1.165, 1.54) is 31.2 Å². The number of rotatable bonds is 4. The zero-order valence-electron chi connectivity index (χ0n) is 13.9. The maximum Gasteiger partial charge on any atom is 0.325 e. The number of aromatic hydroxyl groups is 4. The van der Waals surface area contributed by atoms with Crippen molar-refractivity contribution in [2.75, 3.05) is 5.32 Å².